The smallest absolute Gasteiger partial charge is 0.123 e. The summed E-state index contributed by atoms with van der Waals surface area (Å²) in [7, 11) is 0. The van der Waals surface area contributed by atoms with Crippen molar-refractivity contribution in [2.24, 2.45) is 0 Å². The van der Waals surface area contributed by atoms with Gasteiger partial charge in [0.1, 0.15) is 5.82 Å². The van der Waals surface area contributed by atoms with Gasteiger partial charge in [0, 0.05) is 5.38 Å². The molecule has 0 spiro atoms. The lowest BCUT2D eigenvalue weighted by Crippen LogP contribution is -1.94. The second-order valence-corrected chi connectivity index (χ2v) is 4.28. The average Bonchev–Trinajstić information content (AvgIpc) is 2.53. The molecule has 0 bridgehead atoms. The molecule has 1 saturated carbocycles. The zero-order valence-corrected chi connectivity index (χ0v) is 8.10. The Morgan fingerprint density at radius 3 is 2.38 bits per heavy atom. The lowest BCUT2D eigenvalue weighted by atomic mass is 9.98. The SMILES string of the molecule is Fc1ccc(C2CCC(Cl)C2)cc1. The van der Waals surface area contributed by atoms with Crippen molar-refractivity contribution in [1.29, 1.82) is 0 Å². The van der Waals surface area contributed by atoms with Crippen LogP contribution in [-0.4, -0.2) is 5.38 Å². The summed E-state index contributed by atoms with van der Waals surface area (Å²) in [5, 5.41) is 0.315. The van der Waals surface area contributed by atoms with Gasteiger partial charge >= 0.3 is 0 Å². The molecule has 0 radical (unpaired) electrons. The minimum Gasteiger partial charge on any atom is -0.207 e. The Labute approximate surface area is 82.7 Å². The monoisotopic (exact) mass is 198 g/mol. The van der Waals surface area contributed by atoms with Crippen LogP contribution < -0.4 is 0 Å². The van der Waals surface area contributed by atoms with E-state index >= 15 is 0 Å². The van der Waals surface area contributed by atoms with Gasteiger partial charge in [-0.15, -0.1) is 11.6 Å². The lowest BCUT2D eigenvalue weighted by molar-refractivity contribution is 0.624. The van der Waals surface area contributed by atoms with E-state index in [2.05, 4.69) is 0 Å². The number of hydrogen-bond acceptors (Lipinski definition) is 0. The molecule has 0 amide bonds. The van der Waals surface area contributed by atoms with E-state index in [-0.39, 0.29) is 5.82 Å². The van der Waals surface area contributed by atoms with Crippen LogP contribution in [0.5, 0.6) is 0 Å². The Hall–Kier alpha value is -0.560. The first-order chi connectivity index (χ1) is 6.25. The van der Waals surface area contributed by atoms with E-state index in [4.69, 9.17) is 11.6 Å². The van der Waals surface area contributed by atoms with Crippen molar-refractivity contribution in [1.82, 2.24) is 0 Å². The zero-order valence-electron chi connectivity index (χ0n) is 7.34. The summed E-state index contributed by atoms with van der Waals surface area (Å²) < 4.78 is 12.6. The van der Waals surface area contributed by atoms with Gasteiger partial charge in [0.15, 0.2) is 0 Å². The second kappa shape index (κ2) is 3.67. The van der Waals surface area contributed by atoms with Crippen molar-refractivity contribution < 1.29 is 4.39 Å². The molecular formula is C11H12ClF. The van der Waals surface area contributed by atoms with Crippen molar-refractivity contribution in [2.75, 3.05) is 0 Å². The van der Waals surface area contributed by atoms with E-state index in [0.29, 0.717) is 11.3 Å². The molecule has 0 aromatic heterocycles. The molecule has 1 aliphatic carbocycles. The number of benzene rings is 1. The van der Waals surface area contributed by atoms with Gasteiger partial charge in [-0.25, -0.2) is 4.39 Å². The quantitative estimate of drug-likeness (QED) is 0.604. The first-order valence-electron chi connectivity index (χ1n) is 4.65. The Kier molecular flexibility index (Phi) is 2.54. The summed E-state index contributed by atoms with van der Waals surface area (Å²) in [5.74, 6) is 0.382. The van der Waals surface area contributed by atoms with Crippen LogP contribution >= 0.6 is 11.6 Å². The Morgan fingerprint density at radius 2 is 1.85 bits per heavy atom. The molecule has 0 aliphatic heterocycles. The van der Waals surface area contributed by atoms with Crippen LogP contribution in [0.25, 0.3) is 0 Å². The van der Waals surface area contributed by atoms with Crippen LogP contribution in [0.1, 0.15) is 30.7 Å². The van der Waals surface area contributed by atoms with Crippen molar-refractivity contribution in [3.63, 3.8) is 0 Å². The predicted octanol–water partition coefficient (Wildman–Crippen LogP) is 3.70. The molecule has 0 heterocycles. The van der Waals surface area contributed by atoms with E-state index in [9.17, 15) is 4.39 Å². The Bertz CT molecular complexity index is 281. The van der Waals surface area contributed by atoms with Crippen molar-refractivity contribution in [3.8, 4) is 0 Å². The topological polar surface area (TPSA) is 0 Å². The highest BCUT2D eigenvalue weighted by molar-refractivity contribution is 6.20. The largest absolute Gasteiger partial charge is 0.207 e. The molecular weight excluding hydrogens is 187 g/mol. The van der Waals surface area contributed by atoms with Crippen LogP contribution in [0.2, 0.25) is 0 Å². The molecule has 2 atom stereocenters. The van der Waals surface area contributed by atoms with E-state index in [1.165, 1.54) is 17.7 Å². The minimum absolute atomic E-state index is 0.163. The fraction of sp³-hybridized carbons (Fsp3) is 0.455. The molecule has 1 fully saturated rings. The minimum atomic E-state index is -0.163. The van der Waals surface area contributed by atoms with Crippen LogP contribution in [-0.2, 0) is 0 Å². The number of hydrogen-bond donors (Lipinski definition) is 0. The van der Waals surface area contributed by atoms with Gasteiger partial charge in [0.05, 0.1) is 0 Å². The third-order valence-corrected chi connectivity index (χ3v) is 3.11. The summed E-state index contributed by atoms with van der Waals surface area (Å²) in [6, 6.07) is 6.79. The summed E-state index contributed by atoms with van der Waals surface area (Å²) in [5.41, 5.74) is 1.23. The highest BCUT2D eigenvalue weighted by atomic mass is 35.5. The molecule has 0 saturated heterocycles. The normalized spacial score (nSPS) is 27.8. The Morgan fingerprint density at radius 1 is 1.15 bits per heavy atom. The molecule has 0 N–H and O–H groups in total. The predicted molar refractivity (Wildman–Crippen MR) is 52.6 cm³/mol. The molecule has 1 aromatic carbocycles. The molecule has 1 aromatic rings. The van der Waals surface area contributed by atoms with Crippen molar-refractivity contribution in [2.45, 2.75) is 30.6 Å². The second-order valence-electron chi connectivity index (χ2n) is 3.66. The maximum absolute atomic E-state index is 12.6. The van der Waals surface area contributed by atoms with Gasteiger partial charge in [0.25, 0.3) is 0 Å². The van der Waals surface area contributed by atoms with Crippen LogP contribution in [0, 0.1) is 5.82 Å². The average molecular weight is 199 g/mol. The summed E-state index contributed by atoms with van der Waals surface area (Å²) in [4.78, 5) is 0. The van der Waals surface area contributed by atoms with Gasteiger partial charge in [-0.05, 0) is 42.9 Å². The maximum atomic E-state index is 12.6. The number of halogens is 2. The summed E-state index contributed by atoms with van der Waals surface area (Å²) in [6.45, 7) is 0. The molecule has 2 unspecified atom stereocenters. The van der Waals surface area contributed by atoms with Crippen LogP contribution in [0.4, 0.5) is 4.39 Å². The third kappa shape index (κ3) is 2.02. The molecule has 2 heteroatoms. The molecule has 2 rings (SSSR count). The maximum Gasteiger partial charge on any atom is 0.123 e. The van der Waals surface area contributed by atoms with E-state index in [0.717, 1.165) is 19.3 Å². The highest BCUT2D eigenvalue weighted by Gasteiger charge is 2.23. The highest BCUT2D eigenvalue weighted by Crippen LogP contribution is 2.36. The van der Waals surface area contributed by atoms with Gasteiger partial charge in [0.2, 0.25) is 0 Å². The number of rotatable bonds is 1. The molecule has 1 aliphatic rings. The lowest BCUT2D eigenvalue weighted by Gasteiger charge is -2.08. The Balaban J connectivity index is 2.13. The fourth-order valence-electron chi connectivity index (χ4n) is 1.96. The summed E-state index contributed by atoms with van der Waals surface area (Å²) in [6.07, 6.45) is 3.26. The van der Waals surface area contributed by atoms with E-state index in [1.807, 2.05) is 12.1 Å². The molecule has 0 nitrogen and oxygen atoms in total. The van der Waals surface area contributed by atoms with Gasteiger partial charge < -0.3 is 0 Å². The van der Waals surface area contributed by atoms with E-state index in [1.54, 1.807) is 0 Å². The van der Waals surface area contributed by atoms with Crippen LogP contribution in [0.15, 0.2) is 24.3 Å². The van der Waals surface area contributed by atoms with Gasteiger partial charge in [-0.1, -0.05) is 12.1 Å². The third-order valence-electron chi connectivity index (χ3n) is 2.71. The fourth-order valence-corrected chi connectivity index (χ4v) is 2.31. The van der Waals surface area contributed by atoms with Gasteiger partial charge in [-0.2, -0.15) is 0 Å². The van der Waals surface area contributed by atoms with E-state index < -0.39 is 0 Å². The van der Waals surface area contributed by atoms with Crippen LogP contribution in [0.3, 0.4) is 0 Å². The number of alkyl halides is 1. The zero-order chi connectivity index (χ0) is 9.26. The van der Waals surface area contributed by atoms with Gasteiger partial charge in [-0.3, -0.25) is 0 Å². The standard InChI is InChI=1S/C11H12ClF/c12-10-4-1-9(7-10)8-2-5-11(13)6-3-8/h2-3,5-6,9-10H,1,4,7H2. The first-order valence-corrected chi connectivity index (χ1v) is 5.09. The molecule has 13 heavy (non-hydrogen) atoms. The summed E-state index contributed by atoms with van der Waals surface area (Å²) >= 11 is 6.01. The molecule has 70 valence electrons. The van der Waals surface area contributed by atoms with Crippen molar-refractivity contribution >= 4 is 11.6 Å². The van der Waals surface area contributed by atoms with Crippen molar-refractivity contribution in [3.05, 3.63) is 35.6 Å². The first kappa shape index (κ1) is 9.01.